The molecule has 6 nitrogen and oxygen atoms in total. The summed E-state index contributed by atoms with van der Waals surface area (Å²) < 4.78 is 16.9. The molecule has 0 aliphatic rings. The zero-order chi connectivity index (χ0) is 57.8. The molecule has 458 valence electrons. The molecule has 0 radical (unpaired) electrons. The zero-order valence-electron chi connectivity index (χ0n) is 52.6. The molecule has 0 aromatic heterocycles. The van der Waals surface area contributed by atoms with E-state index in [0.717, 1.165) is 128 Å². The lowest BCUT2D eigenvalue weighted by atomic mass is 10.0. The van der Waals surface area contributed by atoms with Gasteiger partial charge in [0.2, 0.25) is 0 Å². The summed E-state index contributed by atoms with van der Waals surface area (Å²) in [7, 11) is 0. The lowest BCUT2D eigenvalue weighted by molar-refractivity contribution is -0.167. The normalized spacial score (nSPS) is 12.8. The van der Waals surface area contributed by atoms with Gasteiger partial charge in [-0.1, -0.05) is 310 Å². The van der Waals surface area contributed by atoms with Crippen LogP contribution in [-0.2, 0) is 28.6 Å². The molecule has 0 aliphatic heterocycles. The minimum absolute atomic E-state index is 0.0799. The van der Waals surface area contributed by atoms with Gasteiger partial charge in [-0.15, -0.1) is 0 Å². The molecule has 0 bridgehead atoms. The van der Waals surface area contributed by atoms with E-state index in [0.29, 0.717) is 19.3 Å². The highest BCUT2D eigenvalue weighted by molar-refractivity contribution is 5.71. The van der Waals surface area contributed by atoms with Crippen LogP contribution in [0.5, 0.6) is 0 Å². The minimum Gasteiger partial charge on any atom is -0.462 e. The highest BCUT2D eigenvalue weighted by Gasteiger charge is 2.19. The van der Waals surface area contributed by atoms with Crippen LogP contribution in [-0.4, -0.2) is 37.2 Å². The predicted molar refractivity (Wildman–Crippen MR) is 348 cm³/mol. The van der Waals surface area contributed by atoms with Crippen molar-refractivity contribution in [2.24, 2.45) is 0 Å². The second kappa shape index (κ2) is 67.6. The topological polar surface area (TPSA) is 78.9 Å². The largest absolute Gasteiger partial charge is 0.462 e. The van der Waals surface area contributed by atoms with Crippen LogP contribution < -0.4 is 0 Å². The monoisotopic (exact) mass is 1110 g/mol. The zero-order valence-corrected chi connectivity index (χ0v) is 52.6. The van der Waals surface area contributed by atoms with Crippen molar-refractivity contribution in [2.45, 2.75) is 329 Å². The van der Waals surface area contributed by atoms with Crippen molar-refractivity contribution in [1.29, 1.82) is 0 Å². The van der Waals surface area contributed by atoms with Crippen molar-refractivity contribution in [3.05, 3.63) is 109 Å². The van der Waals surface area contributed by atoms with Crippen molar-refractivity contribution in [1.82, 2.24) is 0 Å². The summed E-state index contributed by atoms with van der Waals surface area (Å²) in [6, 6.07) is 0. The van der Waals surface area contributed by atoms with Gasteiger partial charge in [-0.25, -0.2) is 0 Å². The molecule has 0 saturated carbocycles. The number of hydrogen-bond acceptors (Lipinski definition) is 6. The van der Waals surface area contributed by atoms with Gasteiger partial charge < -0.3 is 14.2 Å². The summed E-state index contributed by atoms with van der Waals surface area (Å²) >= 11 is 0. The van der Waals surface area contributed by atoms with Crippen LogP contribution in [0.1, 0.15) is 323 Å². The first-order chi connectivity index (χ1) is 39.5. The molecule has 0 aromatic rings. The van der Waals surface area contributed by atoms with Gasteiger partial charge in [0, 0.05) is 19.3 Å². The molecule has 0 fully saturated rings. The van der Waals surface area contributed by atoms with Crippen molar-refractivity contribution >= 4 is 17.9 Å². The highest BCUT2D eigenvalue weighted by Crippen LogP contribution is 2.17. The SMILES string of the molecule is CC/C=C\C/C=C\C/C=C\C/C=C\C/C=C\C/C=C\C/C=C\CCCCCCCCCCCCCCCC(=O)OCC(COC(=O)CCCCCCCCCCCCCCC)OC(=O)CCCCCCC/C=C\C/C=C\CCCC. The number of carbonyl (C=O) groups is 3. The van der Waals surface area contributed by atoms with E-state index in [9.17, 15) is 14.4 Å². The van der Waals surface area contributed by atoms with E-state index in [1.807, 2.05) is 0 Å². The first-order valence-electron chi connectivity index (χ1n) is 33.9. The van der Waals surface area contributed by atoms with Gasteiger partial charge in [-0.2, -0.15) is 0 Å². The average Bonchev–Trinajstić information content (AvgIpc) is 3.46. The maximum atomic E-state index is 12.9. The third-order valence-electron chi connectivity index (χ3n) is 14.5. The number of allylic oxidation sites excluding steroid dienone is 18. The van der Waals surface area contributed by atoms with Gasteiger partial charge in [0.1, 0.15) is 13.2 Å². The van der Waals surface area contributed by atoms with E-state index in [1.54, 1.807) is 0 Å². The third kappa shape index (κ3) is 64.9. The van der Waals surface area contributed by atoms with Gasteiger partial charge in [-0.3, -0.25) is 14.4 Å². The van der Waals surface area contributed by atoms with Gasteiger partial charge in [0.05, 0.1) is 0 Å². The van der Waals surface area contributed by atoms with E-state index >= 15 is 0 Å². The Morgan fingerprint density at radius 1 is 0.263 bits per heavy atom. The van der Waals surface area contributed by atoms with Crippen LogP contribution in [0.4, 0.5) is 0 Å². The number of carbonyl (C=O) groups excluding carboxylic acids is 3. The lowest BCUT2D eigenvalue weighted by Gasteiger charge is -2.18. The first kappa shape index (κ1) is 76.1. The third-order valence-corrected chi connectivity index (χ3v) is 14.5. The second-order valence-electron chi connectivity index (χ2n) is 22.4. The molecule has 80 heavy (non-hydrogen) atoms. The Bertz CT molecular complexity index is 1610. The Labute approximate surface area is 495 Å². The Balaban J connectivity index is 4.16. The maximum absolute atomic E-state index is 12.9. The molecule has 0 aromatic carbocycles. The number of ether oxygens (including phenoxy) is 3. The highest BCUT2D eigenvalue weighted by atomic mass is 16.6. The Kier molecular flexibility index (Phi) is 64.3. The molecule has 0 heterocycles. The fraction of sp³-hybridized carbons (Fsp3) is 0.716. The Hall–Kier alpha value is -3.93. The fourth-order valence-corrected chi connectivity index (χ4v) is 9.44. The molecular weight excluding hydrogens is 985 g/mol. The molecule has 0 rings (SSSR count). The first-order valence-corrected chi connectivity index (χ1v) is 33.9. The summed E-state index contributed by atoms with van der Waals surface area (Å²) in [5.41, 5.74) is 0. The van der Waals surface area contributed by atoms with Crippen LogP contribution in [0.2, 0.25) is 0 Å². The lowest BCUT2D eigenvalue weighted by Crippen LogP contribution is -2.30. The summed E-state index contributed by atoms with van der Waals surface area (Å²) in [5, 5.41) is 0. The van der Waals surface area contributed by atoms with E-state index < -0.39 is 6.10 Å². The smallest absolute Gasteiger partial charge is 0.306 e. The molecular formula is C74H126O6. The molecule has 1 unspecified atom stereocenters. The van der Waals surface area contributed by atoms with Crippen molar-refractivity contribution in [2.75, 3.05) is 13.2 Å². The molecule has 0 N–H and O–H groups in total. The summed E-state index contributed by atoms with van der Waals surface area (Å²) in [6.07, 6.45) is 92.5. The number of hydrogen-bond donors (Lipinski definition) is 0. The van der Waals surface area contributed by atoms with Crippen molar-refractivity contribution in [3.63, 3.8) is 0 Å². The summed E-state index contributed by atoms with van der Waals surface area (Å²) in [5.74, 6) is -0.884. The predicted octanol–water partition coefficient (Wildman–Crippen LogP) is 23.4. The van der Waals surface area contributed by atoms with Crippen LogP contribution in [0.25, 0.3) is 0 Å². The standard InChI is InChI=1S/C74H126O6/c1-4-7-10-13-16-19-22-25-27-28-29-30-31-32-33-34-35-36-37-38-39-40-41-42-43-44-45-46-47-50-52-55-58-61-64-67-73(76)79-70-71(69-78-72(75)66-63-60-57-54-51-48-24-21-18-15-12-9-6-3)80-74(77)68-65-62-59-56-53-49-26-23-20-17-14-11-8-5-2/h7,10,14,16-17,19,23,25-27,29-30,32-33,35-36,38-39,71H,4-6,8-9,11-13,15,18,20-22,24,28,31,34,37,40-70H2,1-3H3/b10-7-,17-14-,19-16-,26-23-,27-25-,30-29-,33-32-,36-35-,39-38-. The Morgan fingerprint density at radius 2 is 0.500 bits per heavy atom. The van der Waals surface area contributed by atoms with Gasteiger partial charge >= 0.3 is 17.9 Å². The molecule has 0 spiro atoms. The van der Waals surface area contributed by atoms with Crippen molar-refractivity contribution < 1.29 is 28.6 Å². The van der Waals surface area contributed by atoms with Crippen molar-refractivity contribution in [3.8, 4) is 0 Å². The minimum atomic E-state index is -0.784. The molecule has 1 atom stereocenters. The second-order valence-corrected chi connectivity index (χ2v) is 22.4. The van der Waals surface area contributed by atoms with E-state index in [1.165, 1.54) is 154 Å². The summed E-state index contributed by atoms with van der Waals surface area (Å²) in [4.78, 5) is 38.3. The molecule has 0 saturated heterocycles. The van der Waals surface area contributed by atoms with Gasteiger partial charge in [-0.05, 0) is 103 Å². The van der Waals surface area contributed by atoms with Crippen LogP contribution in [0.3, 0.4) is 0 Å². The van der Waals surface area contributed by atoms with E-state index in [-0.39, 0.29) is 31.1 Å². The fourth-order valence-electron chi connectivity index (χ4n) is 9.44. The maximum Gasteiger partial charge on any atom is 0.306 e. The molecule has 0 amide bonds. The average molecular weight is 1110 g/mol. The Morgan fingerprint density at radius 3 is 0.800 bits per heavy atom. The van der Waals surface area contributed by atoms with Gasteiger partial charge in [0.15, 0.2) is 6.10 Å². The number of esters is 3. The number of rotatable bonds is 61. The number of unbranched alkanes of at least 4 members (excludes halogenated alkanes) is 32. The quantitative estimate of drug-likeness (QED) is 0.0261. The molecule has 0 aliphatic carbocycles. The van der Waals surface area contributed by atoms with Crippen LogP contribution in [0.15, 0.2) is 109 Å². The van der Waals surface area contributed by atoms with Crippen LogP contribution >= 0.6 is 0 Å². The van der Waals surface area contributed by atoms with E-state index in [2.05, 4.69) is 130 Å². The van der Waals surface area contributed by atoms with Gasteiger partial charge in [0.25, 0.3) is 0 Å². The van der Waals surface area contributed by atoms with E-state index in [4.69, 9.17) is 14.2 Å². The molecule has 6 heteroatoms. The van der Waals surface area contributed by atoms with Crippen LogP contribution in [0, 0.1) is 0 Å². The summed E-state index contributed by atoms with van der Waals surface area (Å²) in [6.45, 7) is 6.50.